The van der Waals surface area contributed by atoms with Crippen LogP contribution in [0.15, 0.2) is 24.3 Å². The molecule has 0 amide bonds. The van der Waals surface area contributed by atoms with Crippen molar-refractivity contribution in [2.75, 3.05) is 6.61 Å². The van der Waals surface area contributed by atoms with Gasteiger partial charge in [0.05, 0.1) is 6.61 Å². The largest absolute Gasteiger partial charge is 0.493 e. The normalized spacial score (nSPS) is 25.1. The van der Waals surface area contributed by atoms with E-state index in [2.05, 4.69) is 13.8 Å². The molecular formula is C15H21FO. The van der Waals surface area contributed by atoms with Crippen LogP contribution in [0.25, 0.3) is 0 Å². The third kappa shape index (κ3) is 3.72. The molecule has 0 radical (unpaired) electrons. The molecule has 0 spiro atoms. The Morgan fingerprint density at radius 1 is 1.29 bits per heavy atom. The van der Waals surface area contributed by atoms with Gasteiger partial charge >= 0.3 is 0 Å². The van der Waals surface area contributed by atoms with Crippen molar-refractivity contribution in [3.63, 3.8) is 0 Å². The fraction of sp³-hybridized carbons (Fsp3) is 0.600. The highest BCUT2D eigenvalue weighted by atomic mass is 19.1. The molecule has 1 aromatic rings. The molecule has 0 N–H and O–H groups in total. The van der Waals surface area contributed by atoms with Gasteiger partial charge in [0.2, 0.25) is 0 Å². The second-order valence-electron chi connectivity index (χ2n) is 5.55. The molecule has 1 aliphatic carbocycles. The van der Waals surface area contributed by atoms with E-state index < -0.39 is 0 Å². The Kier molecular flexibility index (Phi) is 4.03. The van der Waals surface area contributed by atoms with Crippen LogP contribution < -0.4 is 4.74 Å². The summed E-state index contributed by atoms with van der Waals surface area (Å²) in [6, 6.07) is 6.25. The SMILES string of the molecule is CC(COc1ccc(F)cc1)CC1CC(C)C1. The van der Waals surface area contributed by atoms with Crippen LogP contribution in [0.4, 0.5) is 4.39 Å². The molecule has 0 saturated heterocycles. The molecule has 2 rings (SSSR count). The van der Waals surface area contributed by atoms with Gasteiger partial charge in [0.25, 0.3) is 0 Å². The molecule has 1 saturated carbocycles. The lowest BCUT2D eigenvalue weighted by Gasteiger charge is -2.34. The molecule has 1 unspecified atom stereocenters. The number of rotatable bonds is 5. The lowest BCUT2D eigenvalue weighted by Crippen LogP contribution is -2.24. The van der Waals surface area contributed by atoms with Gasteiger partial charge in [0.1, 0.15) is 11.6 Å². The minimum atomic E-state index is -0.214. The Labute approximate surface area is 103 Å². The lowest BCUT2D eigenvalue weighted by molar-refractivity contribution is 0.151. The quantitative estimate of drug-likeness (QED) is 0.741. The predicted octanol–water partition coefficient (Wildman–Crippen LogP) is 4.28. The van der Waals surface area contributed by atoms with Crippen molar-refractivity contribution in [2.45, 2.75) is 33.1 Å². The van der Waals surface area contributed by atoms with Crippen molar-refractivity contribution in [3.8, 4) is 5.75 Å². The van der Waals surface area contributed by atoms with Gasteiger partial charge in [-0.1, -0.05) is 13.8 Å². The van der Waals surface area contributed by atoms with E-state index in [0.29, 0.717) is 5.92 Å². The van der Waals surface area contributed by atoms with Gasteiger partial charge in [-0.3, -0.25) is 0 Å². The zero-order valence-electron chi connectivity index (χ0n) is 10.7. The van der Waals surface area contributed by atoms with Crippen LogP contribution >= 0.6 is 0 Å². The lowest BCUT2D eigenvalue weighted by atomic mass is 9.72. The van der Waals surface area contributed by atoms with E-state index in [1.165, 1.54) is 31.4 Å². The molecule has 17 heavy (non-hydrogen) atoms. The first kappa shape index (κ1) is 12.4. The Balaban J connectivity index is 1.68. The molecular weight excluding hydrogens is 215 g/mol. The predicted molar refractivity (Wildman–Crippen MR) is 67.6 cm³/mol. The van der Waals surface area contributed by atoms with E-state index >= 15 is 0 Å². The summed E-state index contributed by atoms with van der Waals surface area (Å²) < 4.78 is 18.3. The van der Waals surface area contributed by atoms with E-state index in [0.717, 1.165) is 24.2 Å². The molecule has 0 aromatic heterocycles. The highest BCUT2D eigenvalue weighted by molar-refractivity contribution is 5.21. The summed E-state index contributed by atoms with van der Waals surface area (Å²) in [4.78, 5) is 0. The maximum absolute atomic E-state index is 12.7. The first-order valence-electron chi connectivity index (χ1n) is 6.52. The highest BCUT2D eigenvalue weighted by Gasteiger charge is 2.26. The Morgan fingerprint density at radius 2 is 1.94 bits per heavy atom. The maximum Gasteiger partial charge on any atom is 0.123 e. The molecule has 0 aliphatic heterocycles. The van der Waals surface area contributed by atoms with Crippen molar-refractivity contribution in [3.05, 3.63) is 30.1 Å². The van der Waals surface area contributed by atoms with E-state index in [-0.39, 0.29) is 5.82 Å². The standard InChI is InChI=1S/C15H21FO/c1-11-7-13(8-11)9-12(2)10-17-15-5-3-14(16)4-6-15/h3-6,11-13H,7-10H2,1-2H3. The summed E-state index contributed by atoms with van der Waals surface area (Å²) in [5, 5.41) is 0. The van der Waals surface area contributed by atoms with Crippen LogP contribution in [0.5, 0.6) is 5.75 Å². The van der Waals surface area contributed by atoms with Gasteiger partial charge < -0.3 is 4.74 Å². The fourth-order valence-electron chi connectivity index (χ4n) is 2.67. The summed E-state index contributed by atoms with van der Waals surface area (Å²) in [6.07, 6.45) is 4.01. The summed E-state index contributed by atoms with van der Waals surface area (Å²) >= 11 is 0. The average Bonchev–Trinajstić information content (AvgIpc) is 2.26. The van der Waals surface area contributed by atoms with Gasteiger partial charge in [-0.25, -0.2) is 4.39 Å². The van der Waals surface area contributed by atoms with Gasteiger partial charge in [-0.05, 0) is 61.3 Å². The minimum Gasteiger partial charge on any atom is -0.493 e. The van der Waals surface area contributed by atoms with Crippen LogP contribution in [0.2, 0.25) is 0 Å². The Hall–Kier alpha value is -1.05. The molecule has 94 valence electrons. The summed E-state index contributed by atoms with van der Waals surface area (Å²) in [7, 11) is 0. The summed E-state index contributed by atoms with van der Waals surface area (Å²) in [6.45, 7) is 5.28. The van der Waals surface area contributed by atoms with Gasteiger partial charge in [-0.15, -0.1) is 0 Å². The molecule has 1 aromatic carbocycles. The molecule has 1 aliphatic rings. The zero-order chi connectivity index (χ0) is 12.3. The van der Waals surface area contributed by atoms with E-state index in [9.17, 15) is 4.39 Å². The fourth-order valence-corrected chi connectivity index (χ4v) is 2.67. The van der Waals surface area contributed by atoms with Crippen molar-refractivity contribution < 1.29 is 9.13 Å². The van der Waals surface area contributed by atoms with E-state index in [4.69, 9.17) is 4.74 Å². The summed E-state index contributed by atoms with van der Waals surface area (Å²) in [5.74, 6) is 2.95. The first-order valence-corrected chi connectivity index (χ1v) is 6.52. The zero-order valence-corrected chi connectivity index (χ0v) is 10.7. The third-order valence-electron chi connectivity index (χ3n) is 3.56. The van der Waals surface area contributed by atoms with Crippen molar-refractivity contribution in [1.82, 2.24) is 0 Å². The van der Waals surface area contributed by atoms with Crippen molar-refractivity contribution >= 4 is 0 Å². The van der Waals surface area contributed by atoms with E-state index in [1.807, 2.05) is 0 Å². The van der Waals surface area contributed by atoms with Gasteiger partial charge in [-0.2, -0.15) is 0 Å². The number of benzene rings is 1. The molecule has 1 nitrogen and oxygen atoms in total. The topological polar surface area (TPSA) is 9.23 Å². The maximum atomic E-state index is 12.7. The Bertz CT molecular complexity index is 340. The molecule has 0 bridgehead atoms. The summed E-state index contributed by atoms with van der Waals surface area (Å²) in [5.41, 5.74) is 0. The molecule has 1 fully saturated rings. The van der Waals surface area contributed by atoms with Crippen LogP contribution in [-0.2, 0) is 0 Å². The first-order chi connectivity index (χ1) is 8.13. The molecule has 1 atom stereocenters. The smallest absolute Gasteiger partial charge is 0.123 e. The number of hydrogen-bond acceptors (Lipinski definition) is 1. The second-order valence-corrected chi connectivity index (χ2v) is 5.55. The average molecular weight is 236 g/mol. The van der Waals surface area contributed by atoms with Crippen molar-refractivity contribution in [1.29, 1.82) is 0 Å². The van der Waals surface area contributed by atoms with Gasteiger partial charge in [0, 0.05) is 0 Å². The highest BCUT2D eigenvalue weighted by Crippen LogP contribution is 2.37. The molecule has 0 heterocycles. The van der Waals surface area contributed by atoms with Gasteiger partial charge in [0.15, 0.2) is 0 Å². The number of ether oxygens (including phenoxy) is 1. The van der Waals surface area contributed by atoms with Crippen LogP contribution in [0.3, 0.4) is 0 Å². The number of hydrogen-bond donors (Lipinski definition) is 0. The van der Waals surface area contributed by atoms with Crippen LogP contribution in [0, 0.1) is 23.6 Å². The second kappa shape index (κ2) is 5.52. The van der Waals surface area contributed by atoms with Crippen LogP contribution in [-0.4, -0.2) is 6.61 Å². The monoisotopic (exact) mass is 236 g/mol. The van der Waals surface area contributed by atoms with Crippen LogP contribution in [0.1, 0.15) is 33.1 Å². The van der Waals surface area contributed by atoms with Crippen molar-refractivity contribution in [2.24, 2.45) is 17.8 Å². The Morgan fingerprint density at radius 3 is 2.53 bits per heavy atom. The number of halogens is 1. The van der Waals surface area contributed by atoms with E-state index in [1.54, 1.807) is 12.1 Å². The minimum absolute atomic E-state index is 0.214. The molecule has 2 heteroatoms. The third-order valence-corrected chi connectivity index (χ3v) is 3.56.